The first-order valence-corrected chi connectivity index (χ1v) is 6.62. The van der Waals surface area contributed by atoms with E-state index in [0.29, 0.717) is 17.1 Å². The molecular weight excluding hydrogens is 288 g/mol. The van der Waals surface area contributed by atoms with Crippen LogP contribution in [0.3, 0.4) is 0 Å². The van der Waals surface area contributed by atoms with Crippen molar-refractivity contribution in [3.05, 3.63) is 23.8 Å². The number of hydrogen-bond acceptors (Lipinski definition) is 5. The van der Waals surface area contributed by atoms with Crippen LogP contribution in [0.5, 0.6) is 11.5 Å². The van der Waals surface area contributed by atoms with Crippen LogP contribution in [-0.4, -0.2) is 36.7 Å². The van der Waals surface area contributed by atoms with Crippen molar-refractivity contribution in [2.24, 2.45) is 5.92 Å². The van der Waals surface area contributed by atoms with Crippen molar-refractivity contribution in [3.8, 4) is 17.6 Å². The summed E-state index contributed by atoms with van der Waals surface area (Å²) in [5.41, 5.74) is 0.414. The van der Waals surface area contributed by atoms with Crippen LogP contribution in [0.15, 0.2) is 18.2 Å². The average Bonchev–Trinajstić information content (AvgIpc) is 2.51. The number of rotatable bonds is 7. The Morgan fingerprint density at radius 1 is 1.36 bits per heavy atom. The maximum absolute atomic E-state index is 11.8. The molecule has 0 aliphatic rings. The van der Waals surface area contributed by atoms with Gasteiger partial charge in [-0.15, -0.1) is 0 Å². The summed E-state index contributed by atoms with van der Waals surface area (Å²) in [7, 11) is 1.43. The summed E-state index contributed by atoms with van der Waals surface area (Å²) < 4.78 is 10.4. The number of carbonyl (C=O) groups excluding carboxylic acids is 1. The first-order chi connectivity index (χ1) is 10.4. The quantitative estimate of drug-likeness (QED) is 0.782. The molecule has 0 aliphatic heterocycles. The fourth-order valence-electron chi connectivity index (χ4n) is 1.63. The number of nitrogens with zero attached hydrogens (tertiary/aromatic N) is 1. The lowest BCUT2D eigenvalue weighted by Gasteiger charge is -2.18. The molecule has 0 radical (unpaired) electrons. The molecule has 1 aromatic carbocycles. The molecule has 0 heterocycles. The van der Waals surface area contributed by atoms with E-state index in [1.165, 1.54) is 26.2 Å². The number of methoxy groups -OCH3 is 1. The molecule has 7 heteroatoms. The van der Waals surface area contributed by atoms with E-state index in [0.717, 1.165) is 0 Å². The molecule has 0 spiro atoms. The summed E-state index contributed by atoms with van der Waals surface area (Å²) in [6, 6.07) is 6.04. The number of benzene rings is 1. The zero-order valence-corrected chi connectivity index (χ0v) is 12.6. The van der Waals surface area contributed by atoms with Gasteiger partial charge in [-0.1, -0.05) is 0 Å². The highest BCUT2D eigenvalue weighted by atomic mass is 16.5. The van der Waals surface area contributed by atoms with Gasteiger partial charge in [0.15, 0.2) is 18.1 Å². The molecule has 0 bridgehead atoms. The van der Waals surface area contributed by atoms with Crippen LogP contribution in [0.1, 0.15) is 19.4 Å². The van der Waals surface area contributed by atoms with Gasteiger partial charge < -0.3 is 19.9 Å². The van der Waals surface area contributed by atoms with E-state index in [2.05, 4.69) is 5.32 Å². The number of ether oxygens (including phenoxy) is 2. The van der Waals surface area contributed by atoms with Gasteiger partial charge in [-0.2, -0.15) is 5.26 Å². The third kappa shape index (κ3) is 4.66. The molecule has 0 fully saturated rings. The molecule has 0 saturated carbocycles. The van der Waals surface area contributed by atoms with Crippen LogP contribution in [-0.2, 0) is 9.59 Å². The van der Waals surface area contributed by atoms with Crippen LogP contribution in [0, 0.1) is 17.2 Å². The molecule has 2 unspecified atom stereocenters. The minimum absolute atomic E-state index is 0.279. The fraction of sp³-hybridized carbons (Fsp3) is 0.400. The number of nitrogens with one attached hydrogen (secondary N) is 1. The molecule has 118 valence electrons. The van der Waals surface area contributed by atoms with E-state index in [9.17, 15) is 9.59 Å². The monoisotopic (exact) mass is 306 g/mol. The first kappa shape index (κ1) is 17.3. The van der Waals surface area contributed by atoms with Crippen molar-refractivity contribution >= 4 is 11.9 Å². The van der Waals surface area contributed by atoms with Crippen molar-refractivity contribution in [1.82, 2.24) is 5.32 Å². The number of amides is 1. The Labute approximate surface area is 128 Å². The lowest BCUT2D eigenvalue weighted by atomic mass is 10.0. The topological polar surface area (TPSA) is 109 Å². The highest BCUT2D eigenvalue weighted by Crippen LogP contribution is 2.27. The minimum Gasteiger partial charge on any atom is -0.493 e. The maximum Gasteiger partial charge on any atom is 0.308 e. The average molecular weight is 306 g/mol. The molecule has 2 atom stereocenters. The standard InChI is InChI=1S/C15H18N2O5/c1-9(15(19)20)10(2)17-14(18)8-22-12-5-4-11(7-16)6-13(12)21-3/h4-6,9-10H,8H2,1-3H3,(H,17,18)(H,19,20). The number of carbonyl (C=O) groups is 2. The summed E-state index contributed by atoms with van der Waals surface area (Å²) in [4.78, 5) is 22.6. The Morgan fingerprint density at radius 2 is 2.05 bits per heavy atom. The van der Waals surface area contributed by atoms with Gasteiger partial charge in [0.1, 0.15) is 0 Å². The van der Waals surface area contributed by atoms with Crippen LogP contribution in [0.25, 0.3) is 0 Å². The number of carboxylic acids is 1. The van der Waals surface area contributed by atoms with Gasteiger partial charge in [0.05, 0.1) is 24.7 Å². The zero-order valence-electron chi connectivity index (χ0n) is 12.6. The van der Waals surface area contributed by atoms with Gasteiger partial charge in [-0.3, -0.25) is 9.59 Å². The van der Waals surface area contributed by atoms with E-state index < -0.39 is 23.8 Å². The molecule has 1 aromatic rings. The first-order valence-electron chi connectivity index (χ1n) is 6.62. The van der Waals surface area contributed by atoms with E-state index in [1.807, 2.05) is 6.07 Å². The van der Waals surface area contributed by atoms with Crippen LogP contribution in [0.4, 0.5) is 0 Å². The Kier molecular flexibility index (Phi) is 6.20. The SMILES string of the molecule is COc1cc(C#N)ccc1OCC(=O)NC(C)C(C)C(=O)O. The van der Waals surface area contributed by atoms with E-state index in [-0.39, 0.29) is 6.61 Å². The predicted octanol–water partition coefficient (Wildman–Crippen LogP) is 1.17. The molecule has 1 rings (SSSR count). The van der Waals surface area contributed by atoms with E-state index >= 15 is 0 Å². The Bertz CT molecular complexity index is 594. The third-order valence-electron chi connectivity index (χ3n) is 3.18. The van der Waals surface area contributed by atoms with Crippen LogP contribution in [0.2, 0.25) is 0 Å². The summed E-state index contributed by atoms with van der Waals surface area (Å²) in [6.45, 7) is 2.84. The molecule has 22 heavy (non-hydrogen) atoms. The molecule has 1 amide bonds. The number of hydrogen-bond donors (Lipinski definition) is 2. The summed E-state index contributed by atoms with van der Waals surface area (Å²) >= 11 is 0. The lowest BCUT2D eigenvalue weighted by molar-refractivity contribution is -0.142. The summed E-state index contributed by atoms with van der Waals surface area (Å²) in [6.07, 6.45) is 0. The zero-order chi connectivity index (χ0) is 16.7. The maximum atomic E-state index is 11.8. The number of nitriles is 1. The van der Waals surface area contributed by atoms with Crippen molar-refractivity contribution in [3.63, 3.8) is 0 Å². The van der Waals surface area contributed by atoms with Gasteiger partial charge in [0, 0.05) is 12.1 Å². The van der Waals surface area contributed by atoms with Crippen molar-refractivity contribution < 1.29 is 24.2 Å². The van der Waals surface area contributed by atoms with Crippen molar-refractivity contribution in [2.45, 2.75) is 19.9 Å². The smallest absolute Gasteiger partial charge is 0.308 e. The largest absolute Gasteiger partial charge is 0.493 e. The van der Waals surface area contributed by atoms with Crippen molar-refractivity contribution in [2.75, 3.05) is 13.7 Å². The molecule has 0 aliphatic carbocycles. The van der Waals surface area contributed by atoms with Gasteiger partial charge >= 0.3 is 5.97 Å². The Balaban J connectivity index is 2.61. The van der Waals surface area contributed by atoms with Gasteiger partial charge in [0.2, 0.25) is 0 Å². The fourth-order valence-corrected chi connectivity index (χ4v) is 1.63. The van der Waals surface area contributed by atoms with Gasteiger partial charge in [-0.05, 0) is 26.0 Å². The molecule has 0 aromatic heterocycles. The summed E-state index contributed by atoms with van der Waals surface area (Å²) in [5, 5.41) is 20.2. The Morgan fingerprint density at radius 3 is 2.59 bits per heavy atom. The second-order valence-electron chi connectivity index (χ2n) is 4.75. The molecular formula is C15H18N2O5. The predicted molar refractivity (Wildman–Crippen MR) is 77.6 cm³/mol. The normalized spacial score (nSPS) is 12.6. The third-order valence-corrected chi connectivity index (χ3v) is 3.18. The van der Waals surface area contributed by atoms with Gasteiger partial charge in [0.25, 0.3) is 5.91 Å². The summed E-state index contributed by atoms with van der Waals surface area (Å²) in [5.74, 6) is -1.45. The highest BCUT2D eigenvalue weighted by molar-refractivity contribution is 5.79. The number of carboxylic acid groups (broad SMARTS) is 1. The molecule has 2 N–H and O–H groups in total. The van der Waals surface area contributed by atoms with Gasteiger partial charge in [-0.25, -0.2) is 0 Å². The molecule has 0 saturated heterocycles. The second-order valence-corrected chi connectivity index (χ2v) is 4.75. The van der Waals surface area contributed by atoms with E-state index in [4.69, 9.17) is 19.8 Å². The van der Waals surface area contributed by atoms with Crippen LogP contribution < -0.4 is 14.8 Å². The molecule has 7 nitrogen and oxygen atoms in total. The Hall–Kier alpha value is -2.75. The lowest BCUT2D eigenvalue weighted by Crippen LogP contribution is -2.42. The van der Waals surface area contributed by atoms with Crippen molar-refractivity contribution in [1.29, 1.82) is 5.26 Å². The van der Waals surface area contributed by atoms with E-state index in [1.54, 1.807) is 13.0 Å². The highest BCUT2D eigenvalue weighted by Gasteiger charge is 2.21. The second kappa shape index (κ2) is 7.88. The van der Waals surface area contributed by atoms with Crippen LogP contribution >= 0.6 is 0 Å². The number of aliphatic carboxylic acids is 1. The minimum atomic E-state index is -0.984.